The van der Waals surface area contributed by atoms with Crippen LogP contribution in [-0.4, -0.2) is 10.9 Å². The first kappa shape index (κ1) is 10.1. The first-order chi connectivity index (χ1) is 7.25. The fourth-order valence-electron chi connectivity index (χ4n) is 1.07. The standard InChI is InChI=1S/C10H7ClN2OS/c11-8-6-15-10(12-8)13-9(14)7-4-2-1-3-5-7/h1-6H,(H,12,13,14). The molecule has 1 heterocycles. The molecule has 2 aromatic rings. The van der Waals surface area contributed by atoms with Crippen LogP contribution in [0.4, 0.5) is 5.13 Å². The lowest BCUT2D eigenvalue weighted by molar-refractivity contribution is 0.102. The van der Waals surface area contributed by atoms with Crippen molar-refractivity contribution in [2.24, 2.45) is 0 Å². The molecule has 0 unspecified atom stereocenters. The third kappa shape index (κ3) is 2.55. The summed E-state index contributed by atoms with van der Waals surface area (Å²) in [5.74, 6) is -0.179. The van der Waals surface area contributed by atoms with Gasteiger partial charge in [-0.2, -0.15) is 0 Å². The maximum atomic E-state index is 11.6. The largest absolute Gasteiger partial charge is 0.298 e. The van der Waals surface area contributed by atoms with Gasteiger partial charge in [-0.3, -0.25) is 10.1 Å². The minimum atomic E-state index is -0.179. The lowest BCUT2D eigenvalue weighted by atomic mass is 10.2. The number of hydrogen-bond donors (Lipinski definition) is 1. The second kappa shape index (κ2) is 4.42. The molecular formula is C10H7ClN2OS. The van der Waals surface area contributed by atoms with Crippen LogP contribution in [0, 0.1) is 0 Å². The molecule has 0 radical (unpaired) electrons. The summed E-state index contributed by atoms with van der Waals surface area (Å²) in [5, 5.41) is 5.23. The molecule has 2 rings (SSSR count). The zero-order valence-corrected chi connectivity index (χ0v) is 9.18. The molecule has 76 valence electrons. The van der Waals surface area contributed by atoms with Gasteiger partial charge in [-0.15, -0.1) is 11.3 Å². The molecule has 0 aliphatic heterocycles. The number of nitrogens with one attached hydrogen (secondary N) is 1. The number of anilines is 1. The number of aromatic nitrogens is 1. The van der Waals surface area contributed by atoms with Crippen LogP contribution in [0.25, 0.3) is 0 Å². The highest BCUT2D eigenvalue weighted by molar-refractivity contribution is 7.14. The Morgan fingerprint density at radius 2 is 2.07 bits per heavy atom. The van der Waals surface area contributed by atoms with Crippen molar-refractivity contribution in [2.75, 3.05) is 5.32 Å². The summed E-state index contributed by atoms with van der Waals surface area (Å²) in [6.45, 7) is 0. The van der Waals surface area contributed by atoms with Crippen molar-refractivity contribution >= 4 is 34.0 Å². The van der Waals surface area contributed by atoms with E-state index in [0.717, 1.165) is 0 Å². The van der Waals surface area contributed by atoms with Gasteiger partial charge >= 0.3 is 0 Å². The number of thiazole rings is 1. The van der Waals surface area contributed by atoms with Crippen molar-refractivity contribution in [2.45, 2.75) is 0 Å². The van der Waals surface area contributed by atoms with E-state index >= 15 is 0 Å². The van der Waals surface area contributed by atoms with Crippen LogP contribution in [0.3, 0.4) is 0 Å². The Bertz CT molecular complexity index is 469. The van der Waals surface area contributed by atoms with Crippen molar-refractivity contribution < 1.29 is 4.79 Å². The van der Waals surface area contributed by atoms with Crippen molar-refractivity contribution in [3.63, 3.8) is 0 Å². The normalized spacial score (nSPS) is 9.93. The summed E-state index contributed by atoms with van der Waals surface area (Å²) in [5.41, 5.74) is 0.601. The third-order valence-electron chi connectivity index (χ3n) is 1.73. The summed E-state index contributed by atoms with van der Waals surface area (Å²) in [7, 11) is 0. The molecule has 0 saturated heterocycles. The van der Waals surface area contributed by atoms with Gasteiger partial charge in [-0.1, -0.05) is 29.8 Å². The minimum absolute atomic E-state index is 0.179. The number of rotatable bonds is 2. The summed E-state index contributed by atoms with van der Waals surface area (Å²) >= 11 is 6.94. The Morgan fingerprint density at radius 1 is 1.33 bits per heavy atom. The van der Waals surface area contributed by atoms with E-state index < -0.39 is 0 Å². The average Bonchev–Trinajstić information content (AvgIpc) is 2.65. The molecule has 5 heteroatoms. The van der Waals surface area contributed by atoms with Gasteiger partial charge in [0.2, 0.25) is 0 Å². The Labute approximate surface area is 95.7 Å². The van der Waals surface area contributed by atoms with Gasteiger partial charge in [0.1, 0.15) is 5.15 Å². The summed E-state index contributed by atoms with van der Waals surface area (Å²) in [6.07, 6.45) is 0. The van der Waals surface area contributed by atoms with E-state index in [1.165, 1.54) is 11.3 Å². The molecule has 3 nitrogen and oxygen atoms in total. The number of hydrogen-bond acceptors (Lipinski definition) is 3. The molecule has 0 atom stereocenters. The average molecular weight is 239 g/mol. The highest BCUT2D eigenvalue weighted by Gasteiger charge is 2.07. The van der Waals surface area contributed by atoms with E-state index in [-0.39, 0.29) is 5.91 Å². The highest BCUT2D eigenvalue weighted by atomic mass is 35.5. The third-order valence-corrected chi connectivity index (χ3v) is 2.81. The van der Waals surface area contributed by atoms with Crippen LogP contribution in [0.5, 0.6) is 0 Å². The predicted octanol–water partition coefficient (Wildman–Crippen LogP) is 3.05. The van der Waals surface area contributed by atoms with Crippen LogP contribution < -0.4 is 5.32 Å². The number of nitrogens with zero attached hydrogens (tertiary/aromatic N) is 1. The lowest BCUT2D eigenvalue weighted by Crippen LogP contribution is -2.11. The SMILES string of the molecule is O=C(Nc1nc(Cl)cs1)c1ccccc1. The van der Waals surface area contributed by atoms with Gasteiger partial charge < -0.3 is 0 Å². The quantitative estimate of drug-likeness (QED) is 0.874. The van der Waals surface area contributed by atoms with E-state index in [1.807, 2.05) is 18.2 Å². The number of carbonyl (C=O) groups is 1. The maximum absolute atomic E-state index is 11.6. The Balaban J connectivity index is 2.11. The van der Waals surface area contributed by atoms with E-state index in [0.29, 0.717) is 15.8 Å². The summed E-state index contributed by atoms with van der Waals surface area (Å²) < 4.78 is 0. The molecule has 0 aliphatic rings. The first-order valence-corrected chi connectivity index (χ1v) is 5.49. The zero-order chi connectivity index (χ0) is 10.7. The van der Waals surface area contributed by atoms with Crippen LogP contribution in [0.15, 0.2) is 35.7 Å². The first-order valence-electron chi connectivity index (χ1n) is 4.23. The van der Waals surface area contributed by atoms with E-state index in [1.54, 1.807) is 17.5 Å². The fourth-order valence-corrected chi connectivity index (χ4v) is 1.90. The minimum Gasteiger partial charge on any atom is -0.298 e. The second-order valence-corrected chi connectivity index (χ2v) is 4.04. The van der Waals surface area contributed by atoms with Gasteiger partial charge in [0.15, 0.2) is 5.13 Å². The van der Waals surface area contributed by atoms with E-state index in [4.69, 9.17) is 11.6 Å². The maximum Gasteiger partial charge on any atom is 0.257 e. The van der Waals surface area contributed by atoms with Crippen molar-refractivity contribution in [3.05, 3.63) is 46.4 Å². The molecule has 0 saturated carbocycles. The number of amides is 1. The van der Waals surface area contributed by atoms with Crippen LogP contribution in [0.2, 0.25) is 5.15 Å². The predicted molar refractivity (Wildman–Crippen MR) is 61.5 cm³/mol. The fraction of sp³-hybridized carbons (Fsp3) is 0. The van der Waals surface area contributed by atoms with Crippen molar-refractivity contribution in [3.8, 4) is 0 Å². The Hall–Kier alpha value is -1.39. The molecule has 1 aromatic carbocycles. The smallest absolute Gasteiger partial charge is 0.257 e. The number of benzene rings is 1. The monoisotopic (exact) mass is 238 g/mol. The van der Waals surface area contributed by atoms with E-state index in [9.17, 15) is 4.79 Å². The molecule has 0 bridgehead atoms. The molecule has 0 spiro atoms. The zero-order valence-electron chi connectivity index (χ0n) is 7.61. The van der Waals surface area contributed by atoms with E-state index in [2.05, 4.69) is 10.3 Å². The van der Waals surface area contributed by atoms with Crippen LogP contribution >= 0.6 is 22.9 Å². The lowest BCUT2D eigenvalue weighted by Gasteiger charge is -2.00. The molecular weight excluding hydrogens is 232 g/mol. The Morgan fingerprint density at radius 3 is 2.67 bits per heavy atom. The number of halogens is 1. The second-order valence-electron chi connectivity index (χ2n) is 2.80. The molecule has 0 fully saturated rings. The van der Waals surface area contributed by atoms with Crippen LogP contribution in [0.1, 0.15) is 10.4 Å². The highest BCUT2D eigenvalue weighted by Crippen LogP contribution is 2.19. The van der Waals surface area contributed by atoms with Gasteiger partial charge in [0.05, 0.1) is 0 Å². The molecule has 1 amide bonds. The van der Waals surface area contributed by atoms with Crippen molar-refractivity contribution in [1.29, 1.82) is 0 Å². The van der Waals surface area contributed by atoms with Crippen LogP contribution in [-0.2, 0) is 0 Å². The molecule has 1 aromatic heterocycles. The van der Waals surface area contributed by atoms with Gasteiger partial charge in [0.25, 0.3) is 5.91 Å². The molecule has 1 N–H and O–H groups in total. The number of carbonyl (C=O) groups excluding carboxylic acids is 1. The van der Waals surface area contributed by atoms with Gasteiger partial charge in [0, 0.05) is 10.9 Å². The topological polar surface area (TPSA) is 42.0 Å². The summed E-state index contributed by atoms with van der Waals surface area (Å²) in [6, 6.07) is 8.96. The molecule has 0 aliphatic carbocycles. The summed E-state index contributed by atoms with van der Waals surface area (Å²) in [4.78, 5) is 15.6. The van der Waals surface area contributed by atoms with Crippen molar-refractivity contribution in [1.82, 2.24) is 4.98 Å². The Kier molecular flexibility index (Phi) is 2.99. The van der Waals surface area contributed by atoms with Gasteiger partial charge in [-0.25, -0.2) is 4.98 Å². The molecule has 15 heavy (non-hydrogen) atoms. The van der Waals surface area contributed by atoms with Gasteiger partial charge in [-0.05, 0) is 12.1 Å².